The molecule has 0 saturated carbocycles. The van der Waals surface area contributed by atoms with E-state index >= 15 is 0 Å². The monoisotopic (exact) mass is 306 g/mol. The lowest BCUT2D eigenvalue weighted by molar-refractivity contribution is -0.123. The fourth-order valence-corrected chi connectivity index (χ4v) is 3.13. The highest BCUT2D eigenvalue weighted by atomic mass is 19.1. The number of hydrogen-bond donors (Lipinski definition) is 2. The Morgan fingerprint density at radius 2 is 2.27 bits per heavy atom. The third kappa shape index (κ3) is 2.64. The number of nitrogens with one attached hydrogen (secondary N) is 1. The number of nitrogens with two attached hydrogens (primary N) is 1. The molecule has 1 fully saturated rings. The van der Waals surface area contributed by atoms with Crippen molar-refractivity contribution in [3.63, 3.8) is 0 Å². The number of amides is 1. The predicted octanol–water partition coefficient (Wildman–Crippen LogP) is 0.643. The quantitative estimate of drug-likeness (QED) is 0.782. The highest BCUT2D eigenvalue weighted by Crippen LogP contribution is 2.31. The Hall–Kier alpha value is -1.79. The van der Waals surface area contributed by atoms with Crippen LogP contribution in [0.3, 0.4) is 0 Å². The van der Waals surface area contributed by atoms with E-state index in [-0.39, 0.29) is 23.9 Å². The third-order valence-electron chi connectivity index (χ3n) is 4.55. The van der Waals surface area contributed by atoms with Crippen molar-refractivity contribution in [1.29, 1.82) is 0 Å². The van der Waals surface area contributed by atoms with Gasteiger partial charge in [0.1, 0.15) is 18.1 Å². The number of ether oxygens (including phenoxy) is 1. The lowest BCUT2D eigenvalue weighted by Gasteiger charge is -2.37. The van der Waals surface area contributed by atoms with Gasteiger partial charge < -0.3 is 15.3 Å². The lowest BCUT2D eigenvalue weighted by Crippen LogP contribution is -2.55. The number of fused-ring (bicyclic) bond motifs is 1. The topological polar surface area (TPSA) is 81.4 Å². The van der Waals surface area contributed by atoms with Gasteiger partial charge in [-0.3, -0.25) is 10.1 Å². The summed E-state index contributed by atoms with van der Waals surface area (Å²) in [5, 5.41) is 3.13. The van der Waals surface area contributed by atoms with Crippen LogP contribution in [0.4, 0.5) is 4.39 Å². The number of primary amides is 1. The van der Waals surface area contributed by atoms with Gasteiger partial charge in [-0.15, -0.1) is 0 Å². The van der Waals surface area contributed by atoms with Crippen molar-refractivity contribution in [2.75, 3.05) is 6.61 Å². The van der Waals surface area contributed by atoms with E-state index in [2.05, 4.69) is 5.32 Å². The molecule has 4 atom stereocenters. The maximum atomic E-state index is 14.3. The minimum atomic E-state index is -0.758. The molecule has 0 spiro atoms. The van der Waals surface area contributed by atoms with Crippen molar-refractivity contribution >= 4 is 12.2 Å². The molecule has 1 aliphatic heterocycles. The predicted molar refractivity (Wildman–Crippen MR) is 77.6 cm³/mol. The maximum Gasteiger partial charge on any atom is 0.239 e. The summed E-state index contributed by atoms with van der Waals surface area (Å²) in [7, 11) is 0. The summed E-state index contributed by atoms with van der Waals surface area (Å²) in [5.41, 5.74) is 7.34. The molecule has 22 heavy (non-hydrogen) atoms. The molecule has 1 amide bonds. The molecule has 5 nitrogen and oxygen atoms in total. The van der Waals surface area contributed by atoms with E-state index in [4.69, 9.17) is 10.5 Å². The second-order valence-electron chi connectivity index (χ2n) is 6.09. The average Bonchev–Trinajstić information content (AvgIpc) is 2.89. The fourth-order valence-electron chi connectivity index (χ4n) is 3.13. The summed E-state index contributed by atoms with van der Waals surface area (Å²) in [5.74, 6) is -1.11. The van der Waals surface area contributed by atoms with Crippen LogP contribution in [-0.2, 0) is 27.2 Å². The van der Waals surface area contributed by atoms with E-state index < -0.39 is 11.9 Å². The molecule has 1 aliphatic carbocycles. The SMILES string of the molecule is CC1OCC1NC(C(N)=O)c1cc(F)c2c(c1)CC(C=O)C2. The number of carbonyl (C=O) groups is 2. The molecule has 2 aliphatic rings. The van der Waals surface area contributed by atoms with Crippen molar-refractivity contribution in [3.05, 3.63) is 34.6 Å². The second-order valence-corrected chi connectivity index (χ2v) is 6.09. The van der Waals surface area contributed by atoms with Crippen molar-refractivity contribution < 1.29 is 18.7 Å². The van der Waals surface area contributed by atoms with E-state index in [1.165, 1.54) is 6.07 Å². The smallest absolute Gasteiger partial charge is 0.239 e. The highest BCUT2D eigenvalue weighted by Gasteiger charge is 2.33. The molecule has 3 rings (SSSR count). The first-order valence-corrected chi connectivity index (χ1v) is 7.43. The van der Waals surface area contributed by atoms with Crippen molar-refractivity contribution in [1.82, 2.24) is 5.32 Å². The van der Waals surface area contributed by atoms with Crippen LogP contribution in [0.5, 0.6) is 0 Å². The molecule has 1 heterocycles. The molecule has 0 radical (unpaired) electrons. The van der Waals surface area contributed by atoms with Crippen LogP contribution >= 0.6 is 0 Å². The van der Waals surface area contributed by atoms with Gasteiger partial charge in [0.2, 0.25) is 5.91 Å². The molecule has 1 saturated heterocycles. The van der Waals surface area contributed by atoms with Gasteiger partial charge in [0.25, 0.3) is 0 Å². The largest absolute Gasteiger partial charge is 0.375 e. The van der Waals surface area contributed by atoms with Gasteiger partial charge in [-0.2, -0.15) is 0 Å². The summed E-state index contributed by atoms with van der Waals surface area (Å²) in [6.07, 6.45) is 1.79. The van der Waals surface area contributed by atoms with Gasteiger partial charge in [-0.25, -0.2) is 4.39 Å². The number of carbonyl (C=O) groups excluding carboxylic acids is 2. The fraction of sp³-hybridized carbons (Fsp3) is 0.500. The summed E-state index contributed by atoms with van der Waals surface area (Å²) in [6, 6.07) is 2.40. The standard InChI is InChI=1S/C16H19FN2O3/c1-8-14(7-22-8)19-15(16(18)21)11-4-10-2-9(6-20)3-12(10)13(17)5-11/h4-6,8-9,14-15,19H,2-3,7H2,1H3,(H2,18,21). The van der Waals surface area contributed by atoms with Crippen molar-refractivity contribution in [3.8, 4) is 0 Å². The van der Waals surface area contributed by atoms with Crippen LogP contribution in [0.2, 0.25) is 0 Å². The molecule has 3 N–H and O–H groups in total. The summed E-state index contributed by atoms with van der Waals surface area (Å²) >= 11 is 0. The Morgan fingerprint density at radius 3 is 2.82 bits per heavy atom. The van der Waals surface area contributed by atoms with E-state index in [1.807, 2.05) is 6.92 Å². The Bertz CT molecular complexity index is 620. The summed E-state index contributed by atoms with van der Waals surface area (Å²) in [4.78, 5) is 22.7. The van der Waals surface area contributed by atoms with Crippen LogP contribution in [0, 0.1) is 11.7 Å². The van der Waals surface area contributed by atoms with Gasteiger partial charge in [-0.1, -0.05) is 6.07 Å². The van der Waals surface area contributed by atoms with Gasteiger partial charge in [0, 0.05) is 5.92 Å². The van der Waals surface area contributed by atoms with Crippen LogP contribution in [0.25, 0.3) is 0 Å². The number of hydrogen-bond acceptors (Lipinski definition) is 4. The van der Waals surface area contributed by atoms with E-state index in [0.717, 1.165) is 11.8 Å². The number of benzene rings is 1. The van der Waals surface area contributed by atoms with Crippen LogP contribution in [0.1, 0.15) is 29.7 Å². The summed E-state index contributed by atoms with van der Waals surface area (Å²) in [6.45, 7) is 2.41. The molecule has 4 unspecified atom stereocenters. The Kier molecular flexibility index (Phi) is 3.97. The molecular weight excluding hydrogens is 287 g/mol. The van der Waals surface area contributed by atoms with E-state index in [0.29, 0.717) is 30.6 Å². The molecule has 0 bridgehead atoms. The zero-order valence-corrected chi connectivity index (χ0v) is 12.3. The number of aldehydes is 1. The minimum Gasteiger partial charge on any atom is -0.375 e. The summed E-state index contributed by atoms with van der Waals surface area (Å²) < 4.78 is 19.5. The number of halogens is 1. The zero-order chi connectivity index (χ0) is 15.9. The van der Waals surface area contributed by atoms with E-state index in [1.54, 1.807) is 6.07 Å². The second kappa shape index (κ2) is 5.78. The van der Waals surface area contributed by atoms with Crippen molar-refractivity contribution in [2.45, 2.75) is 38.0 Å². The van der Waals surface area contributed by atoms with E-state index in [9.17, 15) is 14.0 Å². The Labute approximate surface area is 128 Å². The average molecular weight is 306 g/mol. The minimum absolute atomic E-state index is 0.000526. The molecule has 1 aromatic rings. The first kappa shape index (κ1) is 15.1. The molecular formula is C16H19FN2O3. The first-order chi connectivity index (χ1) is 10.5. The molecule has 0 aromatic heterocycles. The normalized spacial score (nSPS) is 27.8. The van der Waals surface area contributed by atoms with Gasteiger partial charge >= 0.3 is 0 Å². The van der Waals surface area contributed by atoms with Gasteiger partial charge in [0.05, 0.1) is 18.8 Å². The lowest BCUT2D eigenvalue weighted by atomic mass is 9.98. The van der Waals surface area contributed by atoms with Gasteiger partial charge in [0.15, 0.2) is 0 Å². The van der Waals surface area contributed by atoms with Crippen LogP contribution in [-0.4, -0.2) is 30.9 Å². The third-order valence-corrected chi connectivity index (χ3v) is 4.55. The van der Waals surface area contributed by atoms with Crippen molar-refractivity contribution in [2.24, 2.45) is 11.7 Å². The first-order valence-electron chi connectivity index (χ1n) is 7.43. The zero-order valence-electron chi connectivity index (χ0n) is 12.3. The molecule has 6 heteroatoms. The number of rotatable bonds is 5. The Morgan fingerprint density at radius 1 is 1.50 bits per heavy atom. The van der Waals surface area contributed by atoms with Crippen LogP contribution < -0.4 is 11.1 Å². The van der Waals surface area contributed by atoms with Gasteiger partial charge in [-0.05, 0) is 42.5 Å². The maximum absolute atomic E-state index is 14.3. The Balaban J connectivity index is 1.87. The highest BCUT2D eigenvalue weighted by molar-refractivity contribution is 5.81. The molecule has 1 aromatic carbocycles. The molecule has 118 valence electrons. The van der Waals surface area contributed by atoms with Crippen LogP contribution in [0.15, 0.2) is 12.1 Å².